The van der Waals surface area contributed by atoms with Gasteiger partial charge in [-0.3, -0.25) is 4.79 Å². The van der Waals surface area contributed by atoms with Crippen LogP contribution in [0, 0.1) is 0 Å². The van der Waals surface area contributed by atoms with Crippen molar-refractivity contribution in [2.75, 3.05) is 11.9 Å². The summed E-state index contributed by atoms with van der Waals surface area (Å²) in [6.07, 6.45) is 2.59. The number of sulfonamides is 1. The predicted octanol–water partition coefficient (Wildman–Crippen LogP) is 3.92. The van der Waals surface area contributed by atoms with E-state index in [-0.39, 0.29) is 16.6 Å². The Balaban J connectivity index is 1.84. The largest absolute Gasteiger partial charge is 0.468 e. The molecule has 0 bridgehead atoms. The Labute approximate surface area is 175 Å². The fraction of sp³-hybridized carbons (Fsp3) is 0.111. The van der Waals surface area contributed by atoms with Gasteiger partial charge in [0.2, 0.25) is 15.9 Å². The van der Waals surface area contributed by atoms with Crippen molar-refractivity contribution in [2.24, 2.45) is 0 Å². The molecule has 0 aliphatic rings. The minimum absolute atomic E-state index is 0.0706. The average Bonchev–Trinajstić information content (AvgIpc) is 3.14. The molecular weight excluding hydrogens is 470 g/mol. The summed E-state index contributed by atoms with van der Waals surface area (Å²) in [6, 6.07) is 13.0. The van der Waals surface area contributed by atoms with Gasteiger partial charge < -0.3 is 9.73 Å². The van der Waals surface area contributed by atoms with Gasteiger partial charge in [-0.05, 0) is 42.5 Å². The lowest BCUT2D eigenvalue weighted by atomic mass is 10.3. The van der Waals surface area contributed by atoms with Crippen LogP contribution in [0.2, 0.25) is 5.15 Å². The summed E-state index contributed by atoms with van der Waals surface area (Å²) in [5.74, 6) is -0.0871. The van der Waals surface area contributed by atoms with E-state index in [2.05, 4.69) is 26.2 Å². The number of furan rings is 1. The first-order valence-corrected chi connectivity index (χ1v) is 10.7. The van der Waals surface area contributed by atoms with Crippen LogP contribution in [0.4, 0.5) is 5.69 Å². The van der Waals surface area contributed by atoms with Gasteiger partial charge in [-0.25, -0.2) is 13.4 Å². The highest BCUT2D eigenvalue weighted by atomic mass is 79.9. The Kier molecular flexibility index (Phi) is 6.50. The Hall–Kier alpha value is -2.20. The van der Waals surface area contributed by atoms with Crippen LogP contribution in [-0.2, 0) is 21.4 Å². The molecule has 1 amide bonds. The standard InChI is InChI=1S/C18H15BrClN3O4S/c19-13-3-1-4-14(9-13)22-18(24)12-23(11-15-5-2-8-27-15)28(25,26)16-6-7-17(20)21-10-16/h1-10H,11-12H2,(H,22,24). The molecule has 7 nitrogen and oxygen atoms in total. The van der Waals surface area contributed by atoms with Gasteiger partial charge in [0.1, 0.15) is 15.8 Å². The third-order valence-electron chi connectivity index (χ3n) is 3.68. The van der Waals surface area contributed by atoms with Crippen molar-refractivity contribution in [1.82, 2.24) is 9.29 Å². The quantitative estimate of drug-likeness (QED) is 0.513. The topological polar surface area (TPSA) is 92.5 Å². The second-order valence-corrected chi connectivity index (χ2v) is 8.97. The number of halogens is 2. The SMILES string of the molecule is O=C(CN(Cc1ccco1)S(=O)(=O)c1ccc(Cl)nc1)Nc1cccc(Br)c1. The number of hydrogen-bond donors (Lipinski definition) is 1. The van der Waals surface area contributed by atoms with Crippen LogP contribution in [0.5, 0.6) is 0 Å². The lowest BCUT2D eigenvalue weighted by molar-refractivity contribution is -0.116. The van der Waals surface area contributed by atoms with Crippen LogP contribution in [-0.4, -0.2) is 30.2 Å². The smallest absolute Gasteiger partial charge is 0.245 e. The number of pyridine rings is 1. The van der Waals surface area contributed by atoms with E-state index < -0.39 is 22.5 Å². The minimum Gasteiger partial charge on any atom is -0.468 e. The van der Waals surface area contributed by atoms with Crippen LogP contribution in [0.15, 0.2) is 74.8 Å². The first-order valence-electron chi connectivity index (χ1n) is 8.04. The molecule has 3 aromatic rings. The van der Waals surface area contributed by atoms with E-state index in [1.165, 1.54) is 18.4 Å². The summed E-state index contributed by atoms with van der Waals surface area (Å²) in [6.45, 7) is -0.512. The van der Waals surface area contributed by atoms with E-state index in [1.54, 1.807) is 30.3 Å². The van der Waals surface area contributed by atoms with Crippen LogP contribution in [0.25, 0.3) is 0 Å². The molecule has 0 spiro atoms. The van der Waals surface area contributed by atoms with Gasteiger partial charge >= 0.3 is 0 Å². The molecule has 1 N–H and O–H groups in total. The third-order valence-corrected chi connectivity index (χ3v) is 6.17. The van der Waals surface area contributed by atoms with Gasteiger partial charge in [0.15, 0.2) is 0 Å². The molecule has 0 aliphatic heterocycles. The number of carbonyl (C=O) groups excluding carboxylic acids is 1. The zero-order valence-electron chi connectivity index (χ0n) is 14.4. The molecule has 2 aromatic heterocycles. The van der Waals surface area contributed by atoms with E-state index in [9.17, 15) is 13.2 Å². The second kappa shape index (κ2) is 8.87. The molecule has 0 radical (unpaired) electrons. The number of benzene rings is 1. The summed E-state index contributed by atoms with van der Waals surface area (Å²) in [4.78, 5) is 16.2. The minimum atomic E-state index is -4.01. The fourth-order valence-electron chi connectivity index (χ4n) is 2.39. The van der Waals surface area contributed by atoms with Crippen molar-refractivity contribution in [3.05, 3.63) is 76.4 Å². The Morgan fingerprint density at radius 2 is 2.04 bits per heavy atom. The number of rotatable bonds is 7. The predicted molar refractivity (Wildman–Crippen MR) is 108 cm³/mol. The second-order valence-electron chi connectivity index (χ2n) is 5.73. The van der Waals surface area contributed by atoms with Crippen molar-refractivity contribution < 1.29 is 17.6 Å². The monoisotopic (exact) mass is 483 g/mol. The van der Waals surface area contributed by atoms with Crippen molar-refractivity contribution in [3.63, 3.8) is 0 Å². The van der Waals surface area contributed by atoms with Crippen LogP contribution < -0.4 is 5.32 Å². The van der Waals surface area contributed by atoms with Crippen LogP contribution in [0.1, 0.15) is 5.76 Å². The van der Waals surface area contributed by atoms with E-state index >= 15 is 0 Å². The highest BCUT2D eigenvalue weighted by Gasteiger charge is 2.28. The summed E-state index contributed by atoms with van der Waals surface area (Å²) >= 11 is 9.06. The molecule has 0 atom stereocenters. The number of anilines is 1. The molecule has 3 rings (SSSR count). The highest BCUT2D eigenvalue weighted by Crippen LogP contribution is 2.20. The van der Waals surface area contributed by atoms with Crippen LogP contribution in [0.3, 0.4) is 0 Å². The molecule has 1 aromatic carbocycles. The maximum atomic E-state index is 13.0. The lowest BCUT2D eigenvalue weighted by Gasteiger charge is -2.20. The van der Waals surface area contributed by atoms with Crippen molar-refractivity contribution in [3.8, 4) is 0 Å². The number of nitrogens with zero attached hydrogens (tertiary/aromatic N) is 2. The van der Waals surface area contributed by atoms with Crippen molar-refractivity contribution in [1.29, 1.82) is 0 Å². The number of nitrogens with one attached hydrogen (secondary N) is 1. The molecule has 2 heterocycles. The van der Waals surface area contributed by atoms with Crippen molar-refractivity contribution in [2.45, 2.75) is 11.4 Å². The summed E-state index contributed by atoms with van der Waals surface area (Å²) in [5.41, 5.74) is 0.544. The lowest BCUT2D eigenvalue weighted by Crippen LogP contribution is -2.37. The first-order chi connectivity index (χ1) is 13.3. The van der Waals surface area contributed by atoms with E-state index in [4.69, 9.17) is 16.0 Å². The van der Waals surface area contributed by atoms with Gasteiger partial charge in [0, 0.05) is 16.4 Å². The van der Waals surface area contributed by atoms with Gasteiger partial charge in [-0.1, -0.05) is 33.6 Å². The van der Waals surface area contributed by atoms with Crippen molar-refractivity contribution >= 4 is 49.1 Å². The highest BCUT2D eigenvalue weighted by molar-refractivity contribution is 9.10. The Morgan fingerprint density at radius 1 is 1.21 bits per heavy atom. The fourth-order valence-corrected chi connectivity index (χ4v) is 4.21. The van der Waals surface area contributed by atoms with Crippen LogP contribution >= 0.6 is 27.5 Å². The van der Waals surface area contributed by atoms with E-state index in [0.29, 0.717) is 11.4 Å². The summed E-state index contributed by atoms with van der Waals surface area (Å²) in [5, 5.41) is 2.85. The molecule has 10 heteroatoms. The average molecular weight is 485 g/mol. The van der Waals surface area contributed by atoms with Gasteiger partial charge in [-0.2, -0.15) is 4.31 Å². The number of aromatic nitrogens is 1. The van der Waals surface area contributed by atoms with Gasteiger partial charge in [0.05, 0.1) is 19.4 Å². The first kappa shape index (κ1) is 20.5. The molecule has 0 unspecified atom stereocenters. The van der Waals surface area contributed by atoms with Gasteiger partial charge in [-0.15, -0.1) is 0 Å². The zero-order chi connectivity index (χ0) is 20.1. The molecule has 28 heavy (non-hydrogen) atoms. The Morgan fingerprint density at radius 3 is 2.68 bits per heavy atom. The summed E-state index contributed by atoms with van der Waals surface area (Å²) < 4.78 is 33.1. The molecule has 0 fully saturated rings. The molecule has 0 aliphatic carbocycles. The maximum absolute atomic E-state index is 13.0. The zero-order valence-corrected chi connectivity index (χ0v) is 17.5. The maximum Gasteiger partial charge on any atom is 0.245 e. The van der Waals surface area contributed by atoms with Gasteiger partial charge in [0.25, 0.3) is 0 Å². The molecule has 0 saturated carbocycles. The normalized spacial score (nSPS) is 11.5. The summed E-state index contributed by atoms with van der Waals surface area (Å²) in [7, 11) is -4.01. The molecule has 146 valence electrons. The van der Waals surface area contributed by atoms with E-state index in [1.807, 2.05) is 6.07 Å². The number of hydrogen-bond acceptors (Lipinski definition) is 5. The number of carbonyl (C=O) groups is 1. The third kappa shape index (κ3) is 5.20. The molecule has 0 saturated heterocycles. The van der Waals surface area contributed by atoms with E-state index in [0.717, 1.165) is 15.0 Å². The number of amides is 1. The molecular formula is C18H15BrClN3O4S. The Bertz CT molecular complexity index is 1060.